The van der Waals surface area contributed by atoms with Crippen molar-refractivity contribution in [2.75, 3.05) is 37.6 Å². The fourth-order valence-corrected chi connectivity index (χ4v) is 4.40. The van der Waals surface area contributed by atoms with Gasteiger partial charge in [-0.3, -0.25) is 19.3 Å². The van der Waals surface area contributed by atoms with Crippen molar-refractivity contribution in [2.45, 2.75) is 25.4 Å². The zero-order chi connectivity index (χ0) is 22.2. The topological polar surface area (TPSA) is 73.8 Å². The molecule has 7 nitrogen and oxygen atoms in total. The van der Waals surface area contributed by atoms with Crippen LogP contribution in [-0.4, -0.2) is 65.2 Å². The lowest BCUT2D eigenvalue weighted by atomic mass is 9.85. The van der Waals surface area contributed by atoms with Crippen LogP contribution in [0.4, 0.5) is 19.0 Å². The van der Waals surface area contributed by atoms with E-state index in [1.807, 2.05) is 17.1 Å². The first kappa shape index (κ1) is 21.3. The van der Waals surface area contributed by atoms with E-state index >= 15 is 0 Å². The van der Waals surface area contributed by atoms with E-state index in [4.69, 9.17) is 0 Å². The molecule has 2 saturated heterocycles. The van der Waals surface area contributed by atoms with E-state index in [0.717, 1.165) is 17.2 Å². The summed E-state index contributed by atoms with van der Waals surface area (Å²) in [5, 5.41) is 0. The molecular weight excluding hydrogens is 413 g/mol. The molecule has 2 aliphatic heterocycles. The predicted molar refractivity (Wildman–Crippen MR) is 105 cm³/mol. The van der Waals surface area contributed by atoms with Gasteiger partial charge in [0.25, 0.3) is 0 Å². The number of nitrogens with zero attached hydrogens (tertiary/aromatic N) is 4. The second-order valence-corrected chi connectivity index (χ2v) is 8.04. The van der Waals surface area contributed by atoms with Crippen molar-refractivity contribution in [3.05, 3.63) is 36.0 Å². The second-order valence-electron chi connectivity index (χ2n) is 8.04. The molecule has 0 spiro atoms. The van der Waals surface area contributed by atoms with Crippen LogP contribution in [0, 0.1) is 11.8 Å². The molecule has 4 rings (SSSR count). The van der Waals surface area contributed by atoms with Gasteiger partial charge in [-0.1, -0.05) is 12.2 Å². The lowest BCUT2D eigenvalue weighted by Crippen LogP contribution is -2.44. The third kappa shape index (κ3) is 4.28. The number of hydrogen-bond acceptors (Lipinski definition) is 5. The van der Waals surface area contributed by atoms with Gasteiger partial charge in [0.15, 0.2) is 0 Å². The summed E-state index contributed by atoms with van der Waals surface area (Å²) in [6.45, 7) is 1.47. The van der Waals surface area contributed by atoms with Crippen LogP contribution in [0.15, 0.2) is 30.5 Å². The van der Waals surface area contributed by atoms with Gasteiger partial charge in [0.05, 0.1) is 17.4 Å². The van der Waals surface area contributed by atoms with Crippen molar-refractivity contribution < 1.29 is 27.6 Å². The fraction of sp³-hybridized carbons (Fsp3) is 0.524. The van der Waals surface area contributed by atoms with Crippen LogP contribution in [0.5, 0.6) is 0 Å². The highest BCUT2D eigenvalue weighted by Crippen LogP contribution is 2.35. The van der Waals surface area contributed by atoms with Gasteiger partial charge in [0, 0.05) is 32.4 Å². The number of likely N-dealkylation sites (tertiary alicyclic amines) is 1. The Morgan fingerprint density at radius 1 is 1.00 bits per heavy atom. The van der Waals surface area contributed by atoms with Gasteiger partial charge < -0.3 is 9.80 Å². The van der Waals surface area contributed by atoms with E-state index in [9.17, 15) is 27.6 Å². The third-order valence-corrected chi connectivity index (χ3v) is 6.14. The highest BCUT2D eigenvalue weighted by molar-refractivity contribution is 6.07. The van der Waals surface area contributed by atoms with Gasteiger partial charge in [-0.25, -0.2) is 4.98 Å². The van der Waals surface area contributed by atoms with Crippen LogP contribution in [-0.2, 0) is 20.6 Å². The molecule has 10 heteroatoms. The van der Waals surface area contributed by atoms with Crippen LogP contribution >= 0.6 is 0 Å². The lowest BCUT2D eigenvalue weighted by Gasteiger charge is -2.24. The van der Waals surface area contributed by atoms with Gasteiger partial charge in [0.1, 0.15) is 12.4 Å². The molecule has 1 aromatic rings. The minimum absolute atomic E-state index is 0.261. The lowest BCUT2D eigenvalue weighted by molar-refractivity contribution is -0.146. The first-order valence-corrected chi connectivity index (χ1v) is 10.3. The SMILES string of the molecule is O=C(CN1C(=O)[C@@H]2CC=CC[C@H]2C1=O)N1CCCN(c2ccc(C(F)(F)F)cn2)CC1. The number of pyridine rings is 1. The Bertz CT molecular complexity index is 874. The maximum atomic E-state index is 12.8. The largest absolute Gasteiger partial charge is 0.417 e. The number of fused-ring (bicyclic) bond motifs is 1. The second kappa shape index (κ2) is 8.32. The van der Waals surface area contributed by atoms with E-state index in [1.165, 1.54) is 6.07 Å². The van der Waals surface area contributed by atoms with Gasteiger partial charge in [-0.2, -0.15) is 13.2 Å². The number of hydrogen-bond donors (Lipinski definition) is 0. The van der Waals surface area contributed by atoms with E-state index in [0.29, 0.717) is 51.3 Å². The minimum Gasteiger partial charge on any atom is -0.355 e. The van der Waals surface area contributed by atoms with E-state index < -0.39 is 11.7 Å². The summed E-state index contributed by atoms with van der Waals surface area (Å²) < 4.78 is 38.2. The summed E-state index contributed by atoms with van der Waals surface area (Å²) in [6, 6.07) is 2.33. The number of allylic oxidation sites excluding steroid dienone is 2. The summed E-state index contributed by atoms with van der Waals surface area (Å²) >= 11 is 0. The van der Waals surface area contributed by atoms with Crippen LogP contribution in [0.1, 0.15) is 24.8 Å². The minimum atomic E-state index is -4.44. The molecule has 1 aliphatic carbocycles. The van der Waals surface area contributed by atoms with Crippen molar-refractivity contribution in [3.8, 4) is 0 Å². The van der Waals surface area contributed by atoms with E-state index in [1.54, 1.807) is 4.90 Å². The van der Waals surface area contributed by atoms with Crippen molar-refractivity contribution >= 4 is 23.5 Å². The summed E-state index contributed by atoms with van der Waals surface area (Å²) in [6.07, 6.45) is 1.82. The molecule has 3 heterocycles. The zero-order valence-electron chi connectivity index (χ0n) is 16.8. The average Bonchev–Trinajstić information content (AvgIpc) is 2.93. The standard InChI is InChI=1S/C21H23F3N4O3/c22-21(23,24)14-6-7-17(25-12-14)26-8-3-9-27(11-10-26)18(29)13-28-19(30)15-4-1-2-5-16(15)20(28)31/h1-2,6-7,12,15-16H,3-5,8-11,13H2/t15-,16-/m1/s1. The maximum Gasteiger partial charge on any atom is 0.417 e. The zero-order valence-corrected chi connectivity index (χ0v) is 16.8. The number of alkyl halides is 3. The molecule has 0 radical (unpaired) electrons. The van der Waals surface area contributed by atoms with Crippen molar-refractivity contribution in [3.63, 3.8) is 0 Å². The van der Waals surface area contributed by atoms with E-state index in [-0.39, 0.29) is 36.1 Å². The molecular formula is C21H23F3N4O3. The molecule has 166 valence electrons. The first-order valence-electron chi connectivity index (χ1n) is 10.3. The Balaban J connectivity index is 1.36. The quantitative estimate of drug-likeness (QED) is 0.536. The van der Waals surface area contributed by atoms with Crippen molar-refractivity contribution in [1.82, 2.24) is 14.8 Å². The highest BCUT2D eigenvalue weighted by atomic mass is 19.4. The van der Waals surface area contributed by atoms with Gasteiger partial charge in [-0.05, 0) is 31.4 Å². The number of halogens is 3. The summed E-state index contributed by atoms with van der Waals surface area (Å²) in [5.41, 5.74) is -0.807. The number of anilines is 1. The van der Waals surface area contributed by atoms with Crippen molar-refractivity contribution in [1.29, 1.82) is 0 Å². The Labute approximate surface area is 177 Å². The summed E-state index contributed by atoms with van der Waals surface area (Å²) in [4.78, 5) is 46.4. The monoisotopic (exact) mass is 436 g/mol. The smallest absolute Gasteiger partial charge is 0.355 e. The molecule has 0 bridgehead atoms. The molecule has 3 amide bonds. The maximum absolute atomic E-state index is 12.8. The molecule has 2 fully saturated rings. The molecule has 0 N–H and O–H groups in total. The van der Waals surface area contributed by atoms with Gasteiger partial charge in [-0.15, -0.1) is 0 Å². The third-order valence-electron chi connectivity index (χ3n) is 6.14. The van der Waals surface area contributed by atoms with Crippen molar-refractivity contribution in [2.24, 2.45) is 11.8 Å². The Kier molecular flexibility index (Phi) is 5.72. The molecule has 2 atom stereocenters. The highest BCUT2D eigenvalue weighted by Gasteiger charge is 2.48. The van der Waals surface area contributed by atoms with Crippen LogP contribution in [0.2, 0.25) is 0 Å². The average molecular weight is 436 g/mol. The van der Waals surface area contributed by atoms with Crippen LogP contribution < -0.4 is 4.90 Å². The number of aromatic nitrogens is 1. The summed E-state index contributed by atoms with van der Waals surface area (Å²) in [5.74, 6) is -1.16. The number of rotatable bonds is 3. The van der Waals surface area contributed by atoms with Crippen LogP contribution in [0.3, 0.4) is 0 Å². The Morgan fingerprint density at radius 2 is 1.68 bits per heavy atom. The summed E-state index contributed by atoms with van der Waals surface area (Å²) in [7, 11) is 0. The van der Waals surface area contributed by atoms with Gasteiger partial charge in [0.2, 0.25) is 17.7 Å². The molecule has 31 heavy (non-hydrogen) atoms. The van der Waals surface area contributed by atoms with Gasteiger partial charge >= 0.3 is 6.18 Å². The normalized spacial score (nSPS) is 24.4. The first-order chi connectivity index (χ1) is 14.8. The molecule has 3 aliphatic rings. The number of carbonyl (C=O) groups excluding carboxylic acids is 3. The predicted octanol–water partition coefficient (Wildman–Crippen LogP) is 2.09. The Morgan fingerprint density at radius 3 is 2.26 bits per heavy atom. The molecule has 0 unspecified atom stereocenters. The Hall–Kier alpha value is -2.91. The number of carbonyl (C=O) groups is 3. The fourth-order valence-electron chi connectivity index (χ4n) is 4.40. The van der Waals surface area contributed by atoms with Crippen LogP contribution in [0.25, 0.3) is 0 Å². The molecule has 0 aromatic carbocycles. The molecule has 1 aromatic heterocycles. The number of amides is 3. The molecule has 0 saturated carbocycles. The number of imide groups is 1. The van der Waals surface area contributed by atoms with E-state index in [2.05, 4.69) is 4.98 Å².